The molecule has 1 aromatic heterocycles. The van der Waals surface area contributed by atoms with Crippen LogP contribution in [0, 0.1) is 0 Å². The Bertz CT molecular complexity index is 514. The van der Waals surface area contributed by atoms with Gasteiger partial charge in [0, 0.05) is 12.4 Å². The van der Waals surface area contributed by atoms with Crippen LogP contribution in [0.3, 0.4) is 0 Å². The summed E-state index contributed by atoms with van der Waals surface area (Å²) in [5.74, 6) is -0.481. The first kappa shape index (κ1) is 11.1. The van der Waals surface area contributed by atoms with Gasteiger partial charge in [-0.1, -0.05) is 6.07 Å². The Balaban J connectivity index is 2.04. The highest BCUT2D eigenvalue weighted by atomic mass is 16.5. The third-order valence-electron chi connectivity index (χ3n) is 2.08. The average molecular weight is 230 g/mol. The van der Waals surface area contributed by atoms with Crippen LogP contribution in [0.5, 0.6) is 5.75 Å². The molecule has 5 nitrogen and oxygen atoms in total. The molecule has 17 heavy (non-hydrogen) atoms. The van der Waals surface area contributed by atoms with Crippen LogP contribution in [-0.4, -0.2) is 21.0 Å². The van der Waals surface area contributed by atoms with E-state index in [9.17, 15) is 4.79 Å². The molecular weight excluding hydrogens is 220 g/mol. The molecule has 0 aliphatic heterocycles. The molecule has 0 atom stereocenters. The van der Waals surface area contributed by atoms with Crippen molar-refractivity contribution in [3.05, 3.63) is 54.1 Å². The van der Waals surface area contributed by atoms with Crippen molar-refractivity contribution in [2.75, 3.05) is 0 Å². The van der Waals surface area contributed by atoms with E-state index in [0.717, 1.165) is 0 Å². The van der Waals surface area contributed by atoms with Crippen molar-refractivity contribution in [2.24, 2.45) is 0 Å². The fraction of sp³-hybridized carbons (Fsp3) is 0.0833. The zero-order valence-electron chi connectivity index (χ0n) is 8.91. The van der Waals surface area contributed by atoms with E-state index >= 15 is 0 Å². The van der Waals surface area contributed by atoms with Crippen LogP contribution in [0.2, 0.25) is 0 Å². The number of hydrogen-bond acceptors (Lipinski definition) is 4. The van der Waals surface area contributed by atoms with Crippen molar-refractivity contribution in [1.82, 2.24) is 9.97 Å². The summed E-state index contributed by atoms with van der Waals surface area (Å²) in [4.78, 5) is 18.7. The predicted octanol–water partition coefficient (Wildman–Crippen LogP) is 1.75. The maximum absolute atomic E-state index is 10.7. The zero-order valence-corrected chi connectivity index (χ0v) is 8.91. The van der Waals surface area contributed by atoms with Crippen molar-refractivity contribution in [2.45, 2.75) is 6.61 Å². The summed E-state index contributed by atoms with van der Waals surface area (Å²) in [6.07, 6.45) is 4.75. The molecule has 0 unspecified atom stereocenters. The molecule has 2 rings (SSSR count). The first-order valence-electron chi connectivity index (χ1n) is 4.97. The van der Waals surface area contributed by atoms with Gasteiger partial charge in [0.2, 0.25) is 0 Å². The summed E-state index contributed by atoms with van der Waals surface area (Å²) in [6, 6.07) is 6.31. The van der Waals surface area contributed by atoms with Crippen LogP contribution in [0.15, 0.2) is 42.9 Å². The minimum Gasteiger partial charge on any atom is -0.487 e. The van der Waals surface area contributed by atoms with E-state index < -0.39 is 5.97 Å². The molecule has 1 N–H and O–H groups in total. The van der Waals surface area contributed by atoms with Gasteiger partial charge in [0.1, 0.15) is 12.4 Å². The number of ether oxygens (including phenoxy) is 1. The Morgan fingerprint density at radius 3 is 2.94 bits per heavy atom. The SMILES string of the molecule is O=C(O)c1cccc(OCc2cnccn2)c1. The lowest BCUT2D eigenvalue weighted by molar-refractivity contribution is 0.0696. The number of carboxylic acids is 1. The predicted molar refractivity (Wildman–Crippen MR) is 59.8 cm³/mol. The summed E-state index contributed by atoms with van der Waals surface area (Å²) in [6.45, 7) is 0.261. The minimum atomic E-state index is -0.977. The number of nitrogens with zero attached hydrogens (tertiary/aromatic N) is 2. The third-order valence-corrected chi connectivity index (χ3v) is 2.08. The van der Waals surface area contributed by atoms with Gasteiger partial charge in [-0.05, 0) is 18.2 Å². The van der Waals surface area contributed by atoms with E-state index in [1.165, 1.54) is 12.1 Å². The molecule has 1 aromatic carbocycles. The largest absolute Gasteiger partial charge is 0.487 e. The first-order chi connectivity index (χ1) is 8.25. The number of hydrogen-bond donors (Lipinski definition) is 1. The second kappa shape index (κ2) is 5.07. The van der Waals surface area contributed by atoms with Crippen LogP contribution in [-0.2, 0) is 6.61 Å². The third kappa shape index (κ3) is 3.01. The Morgan fingerprint density at radius 1 is 1.35 bits per heavy atom. The number of aromatic nitrogens is 2. The van der Waals surface area contributed by atoms with Gasteiger partial charge >= 0.3 is 5.97 Å². The second-order valence-electron chi connectivity index (χ2n) is 3.32. The maximum atomic E-state index is 10.7. The lowest BCUT2D eigenvalue weighted by Crippen LogP contribution is -2.00. The Kier molecular flexibility index (Phi) is 3.30. The number of rotatable bonds is 4. The molecule has 1 heterocycles. The van der Waals surface area contributed by atoms with Crippen LogP contribution in [0.1, 0.15) is 16.1 Å². The van der Waals surface area contributed by atoms with Crippen LogP contribution >= 0.6 is 0 Å². The normalized spacial score (nSPS) is 9.88. The van der Waals surface area contributed by atoms with Gasteiger partial charge in [-0.15, -0.1) is 0 Å². The Hall–Kier alpha value is -2.43. The molecule has 0 aliphatic rings. The van der Waals surface area contributed by atoms with E-state index in [2.05, 4.69) is 9.97 Å². The van der Waals surface area contributed by atoms with Gasteiger partial charge in [-0.3, -0.25) is 9.97 Å². The molecule has 0 amide bonds. The summed E-state index contributed by atoms with van der Waals surface area (Å²) in [7, 11) is 0. The molecule has 0 bridgehead atoms. The molecule has 0 spiro atoms. The highest BCUT2D eigenvalue weighted by Crippen LogP contribution is 2.14. The van der Waals surface area contributed by atoms with Gasteiger partial charge in [0.15, 0.2) is 0 Å². The first-order valence-corrected chi connectivity index (χ1v) is 4.97. The number of aromatic carboxylic acids is 1. The lowest BCUT2D eigenvalue weighted by atomic mass is 10.2. The quantitative estimate of drug-likeness (QED) is 0.866. The summed E-state index contributed by atoms with van der Waals surface area (Å²) < 4.78 is 5.42. The van der Waals surface area contributed by atoms with E-state index in [1.54, 1.807) is 30.7 Å². The number of benzene rings is 1. The highest BCUT2D eigenvalue weighted by Gasteiger charge is 2.04. The van der Waals surface area contributed by atoms with Gasteiger partial charge in [-0.2, -0.15) is 0 Å². The lowest BCUT2D eigenvalue weighted by Gasteiger charge is -2.05. The van der Waals surface area contributed by atoms with Crippen molar-refractivity contribution < 1.29 is 14.6 Å². The molecule has 0 saturated carbocycles. The van der Waals surface area contributed by atoms with E-state index in [4.69, 9.17) is 9.84 Å². The van der Waals surface area contributed by atoms with Crippen molar-refractivity contribution >= 4 is 5.97 Å². The second-order valence-corrected chi connectivity index (χ2v) is 3.32. The van der Waals surface area contributed by atoms with E-state index in [0.29, 0.717) is 11.4 Å². The molecular formula is C12H10N2O3. The van der Waals surface area contributed by atoms with Crippen molar-refractivity contribution in [3.63, 3.8) is 0 Å². The highest BCUT2D eigenvalue weighted by molar-refractivity contribution is 5.87. The van der Waals surface area contributed by atoms with Gasteiger partial charge in [0.05, 0.1) is 17.5 Å². The van der Waals surface area contributed by atoms with E-state index in [-0.39, 0.29) is 12.2 Å². The average Bonchev–Trinajstić information content (AvgIpc) is 2.38. The molecule has 0 radical (unpaired) electrons. The topological polar surface area (TPSA) is 72.3 Å². The summed E-state index contributed by atoms with van der Waals surface area (Å²) in [5, 5.41) is 8.82. The van der Waals surface area contributed by atoms with Gasteiger partial charge in [0.25, 0.3) is 0 Å². The van der Waals surface area contributed by atoms with Crippen molar-refractivity contribution in [3.8, 4) is 5.75 Å². The molecule has 0 saturated heterocycles. The summed E-state index contributed by atoms with van der Waals surface area (Å²) in [5.41, 5.74) is 0.884. The fourth-order valence-electron chi connectivity index (χ4n) is 1.28. The van der Waals surface area contributed by atoms with Crippen LogP contribution in [0.4, 0.5) is 0 Å². The smallest absolute Gasteiger partial charge is 0.335 e. The Labute approximate surface area is 97.7 Å². The minimum absolute atomic E-state index is 0.196. The number of carbonyl (C=O) groups is 1. The zero-order chi connectivity index (χ0) is 12.1. The van der Waals surface area contributed by atoms with Gasteiger partial charge in [-0.25, -0.2) is 4.79 Å². The van der Waals surface area contributed by atoms with Crippen molar-refractivity contribution in [1.29, 1.82) is 0 Å². The standard InChI is InChI=1S/C12H10N2O3/c15-12(16)9-2-1-3-11(6-9)17-8-10-7-13-4-5-14-10/h1-7H,8H2,(H,15,16). The fourth-order valence-corrected chi connectivity index (χ4v) is 1.28. The van der Waals surface area contributed by atoms with Gasteiger partial charge < -0.3 is 9.84 Å². The van der Waals surface area contributed by atoms with E-state index in [1.807, 2.05) is 0 Å². The number of carboxylic acid groups (broad SMARTS) is 1. The maximum Gasteiger partial charge on any atom is 0.335 e. The molecule has 5 heteroatoms. The van der Waals surface area contributed by atoms with Crippen LogP contribution in [0.25, 0.3) is 0 Å². The molecule has 0 aliphatic carbocycles. The monoisotopic (exact) mass is 230 g/mol. The molecule has 86 valence electrons. The Morgan fingerprint density at radius 2 is 2.24 bits per heavy atom. The summed E-state index contributed by atoms with van der Waals surface area (Å²) >= 11 is 0. The van der Waals surface area contributed by atoms with Crippen LogP contribution < -0.4 is 4.74 Å². The molecule has 2 aromatic rings. The molecule has 0 fully saturated rings.